The van der Waals surface area contributed by atoms with Crippen molar-refractivity contribution < 1.29 is 4.79 Å². The molecule has 4 nitrogen and oxygen atoms in total. The van der Waals surface area contributed by atoms with Gasteiger partial charge in [-0.2, -0.15) is 5.10 Å². The number of carbonyl (C=O) groups excluding carboxylic acids is 1. The van der Waals surface area contributed by atoms with Crippen LogP contribution in [0.3, 0.4) is 0 Å². The molecule has 3 rings (SSSR count). The number of hydrogen-bond donors (Lipinski definition) is 1. The summed E-state index contributed by atoms with van der Waals surface area (Å²) in [5.74, 6) is -0.0796. The van der Waals surface area contributed by atoms with Gasteiger partial charge < -0.3 is 5.32 Å². The van der Waals surface area contributed by atoms with Crippen LogP contribution in [0, 0.1) is 0 Å². The minimum Gasteiger partial charge on any atom is -0.357 e. The molecule has 1 aromatic heterocycles. The van der Waals surface area contributed by atoms with E-state index in [1.54, 1.807) is 11.7 Å². The molecule has 4 heteroatoms. The smallest absolute Gasteiger partial charge is 0.249 e. The number of aromatic nitrogens is 2. The standard InChI is InChI=1S/C16H15N3O/c1-17-16(20)15(12-7-3-2-4-8-12)19-11-13-9-5-6-10-14(13)18-19/h2-11,15H,1H3,(H,17,20). The SMILES string of the molecule is CNC(=O)C(c1ccccc1)n1cc2ccccc2n1. The van der Waals surface area contributed by atoms with Crippen LogP contribution in [0.1, 0.15) is 11.6 Å². The quantitative estimate of drug-likeness (QED) is 0.790. The fourth-order valence-electron chi connectivity index (χ4n) is 2.31. The maximum absolute atomic E-state index is 12.2. The third kappa shape index (κ3) is 2.16. The van der Waals surface area contributed by atoms with Crippen molar-refractivity contribution in [1.82, 2.24) is 15.1 Å². The second kappa shape index (κ2) is 5.17. The van der Waals surface area contributed by atoms with Crippen LogP contribution in [0.15, 0.2) is 60.8 Å². The minimum absolute atomic E-state index is 0.0796. The molecule has 1 amide bonds. The van der Waals surface area contributed by atoms with E-state index < -0.39 is 6.04 Å². The van der Waals surface area contributed by atoms with E-state index in [1.165, 1.54) is 0 Å². The zero-order chi connectivity index (χ0) is 13.9. The Morgan fingerprint density at radius 2 is 1.80 bits per heavy atom. The summed E-state index contributed by atoms with van der Waals surface area (Å²) in [6, 6.07) is 17.0. The molecule has 2 aromatic carbocycles. The summed E-state index contributed by atoms with van der Waals surface area (Å²) >= 11 is 0. The fraction of sp³-hybridized carbons (Fsp3) is 0.125. The summed E-state index contributed by atoms with van der Waals surface area (Å²) < 4.78 is 1.72. The van der Waals surface area contributed by atoms with E-state index in [1.807, 2.05) is 60.8 Å². The number of carbonyl (C=O) groups is 1. The molecule has 0 radical (unpaired) electrons. The second-order valence-corrected chi connectivity index (χ2v) is 4.60. The number of nitrogens with one attached hydrogen (secondary N) is 1. The van der Waals surface area contributed by atoms with Crippen LogP contribution in [0.4, 0.5) is 0 Å². The van der Waals surface area contributed by atoms with Gasteiger partial charge in [0.25, 0.3) is 0 Å². The van der Waals surface area contributed by atoms with Crippen LogP contribution >= 0.6 is 0 Å². The van der Waals surface area contributed by atoms with Gasteiger partial charge in [0, 0.05) is 18.6 Å². The van der Waals surface area contributed by atoms with E-state index in [4.69, 9.17) is 0 Å². The van der Waals surface area contributed by atoms with Gasteiger partial charge in [-0.3, -0.25) is 9.48 Å². The van der Waals surface area contributed by atoms with Crippen LogP contribution in [0.5, 0.6) is 0 Å². The topological polar surface area (TPSA) is 46.9 Å². The van der Waals surface area contributed by atoms with Gasteiger partial charge in [0.05, 0.1) is 5.52 Å². The van der Waals surface area contributed by atoms with E-state index in [9.17, 15) is 4.79 Å². The molecule has 0 aliphatic heterocycles. The third-order valence-electron chi connectivity index (χ3n) is 3.31. The van der Waals surface area contributed by atoms with Gasteiger partial charge in [0.2, 0.25) is 5.91 Å². The number of fused-ring (bicyclic) bond motifs is 1. The summed E-state index contributed by atoms with van der Waals surface area (Å²) in [5.41, 5.74) is 1.80. The number of benzene rings is 2. The molecule has 1 atom stereocenters. The van der Waals surface area contributed by atoms with Gasteiger partial charge in [-0.25, -0.2) is 0 Å². The lowest BCUT2D eigenvalue weighted by molar-refractivity contribution is -0.122. The number of likely N-dealkylation sites (N-methyl/N-ethyl adjacent to an activating group) is 1. The van der Waals surface area contributed by atoms with Crippen molar-refractivity contribution in [2.75, 3.05) is 7.05 Å². The first kappa shape index (κ1) is 12.4. The van der Waals surface area contributed by atoms with E-state index in [-0.39, 0.29) is 5.91 Å². The highest BCUT2D eigenvalue weighted by atomic mass is 16.2. The van der Waals surface area contributed by atoms with Crippen molar-refractivity contribution in [3.05, 3.63) is 66.4 Å². The van der Waals surface area contributed by atoms with Crippen LogP contribution in [0.25, 0.3) is 10.9 Å². The van der Waals surface area contributed by atoms with E-state index >= 15 is 0 Å². The van der Waals surface area contributed by atoms with Gasteiger partial charge in [0.1, 0.15) is 0 Å². The van der Waals surface area contributed by atoms with E-state index in [2.05, 4.69) is 10.4 Å². The Morgan fingerprint density at radius 3 is 2.50 bits per heavy atom. The zero-order valence-electron chi connectivity index (χ0n) is 11.2. The van der Waals surface area contributed by atoms with Gasteiger partial charge in [-0.05, 0) is 11.6 Å². The van der Waals surface area contributed by atoms with Crippen molar-refractivity contribution in [1.29, 1.82) is 0 Å². The number of nitrogens with zero attached hydrogens (tertiary/aromatic N) is 2. The normalized spacial score (nSPS) is 12.2. The number of hydrogen-bond acceptors (Lipinski definition) is 2. The van der Waals surface area contributed by atoms with E-state index in [0.29, 0.717) is 0 Å². The zero-order valence-corrected chi connectivity index (χ0v) is 11.2. The van der Waals surface area contributed by atoms with Crippen LogP contribution in [0.2, 0.25) is 0 Å². The van der Waals surface area contributed by atoms with Gasteiger partial charge >= 0.3 is 0 Å². The molecular weight excluding hydrogens is 250 g/mol. The molecule has 1 heterocycles. The molecule has 1 unspecified atom stereocenters. The molecule has 1 N–H and O–H groups in total. The summed E-state index contributed by atoms with van der Waals surface area (Å²) in [6.45, 7) is 0. The molecule has 20 heavy (non-hydrogen) atoms. The Morgan fingerprint density at radius 1 is 1.10 bits per heavy atom. The molecule has 0 bridgehead atoms. The lowest BCUT2D eigenvalue weighted by Gasteiger charge is -2.16. The molecule has 0 aliphatic carbocycles. The van der Waals surface area contributed by atoms with Crippen LogP contribution in [-0.2, 0) is 4.79 Å². The van der Waals surface area contributed by atoms with Gasteiger partial charge in [-0.15, -0.1) is 0 Å². The third-order valence-corrected chi connectivity index (χ3v) is 3.31. The Kier molecular flexibility index (Phi) is 3.21. The first-order chi connectivity index (χ1) is 9.79. The molecule has 3 aromatic rings. The van der Waals surface area contributed by atoms with Gasteiger partial charge in [-0.1, -0.05) is 48.5 Å². The van der Waals surface area contributed by atoms with E-state index in [0.717, 1.165) is 16.5 Å². The first-order valence-corrected chi connectivity index (χ1v) is 6.50. The molecule has 0 saturated carbocycles. The Hall–Kier alpha value is -2.62. The Labute approximate surface area is 117 Å². The summed E-state index contributed by atoms with van der Waals surface area (Å²) in [7, 11) is 1.64. The highest BCUT2D eigenvalue weighted by Crippen LogP contribution is 2.21. The lowest BCUT2D eigenvalue weighted by Crippen LogP contribution is -2.30. The van der Waals surface area contributed by atoms with Crippen molar-refractivity contribution in [2.24, 2.45) is 0 Å². The maximum Gasteiger partial charge on any atom is 0.249 e. The highest BCUT2D eigenvalue weighted by Gasteiger charge is 2.22. The molecule has 0 spiro atoms. The average molecular weight is 265 g/mol. The predicted molar refractivity (Wildman–Crippen MR) is 78.4 cm³/mol. The maximum atomic E-state index is 12.2. The summed E-state index contributed by atoms with van der Waals surface area (Å²) in [4.78, 5) is 12.2. The van der Waals surface area contributed by atoms with Crippen molar-refractivity contribution in [2.45, 2.75) is 6.04 Å². The van der Waals surface area contributed by atoms with Gasteiger partial charge in [0.15, 0.2) is 6.04 Å². The largest absolute Gasteiger partial charge is 0.357 e. The molecule has 0 aliphatic rings. The Bertz CT molecular complexity index is 701. The first-order valence-electron chi connectivity index (χ1n) is 6.50. The average Bonchev–Trinajstić information content (AvgIpc) is 2.91. The molecule has 0 fully saturated rings. The highest BCUT2D eigenvalue weighted by molar-refractivity contribution is 5.84. The van der Waals surface area contributed by atoms with Crippen molar-refractivity contribution in [3.8, 4) is 0 Å². The molecule has 100 valence electrons. The number of rotatable bonds is 3. The number of amides is 1. The molecular formula is C16H15N3O. The van der Waals surface area contributed by atoms with Crippen LogP contribution < -0.4 is 5.32 Å². The lowest BCUT2D eigenvalue weighted by atomic mass is 10.1. The predicted octanol–water partition coefficient (Wildman–Crippen LogP) is 2.37. The molecule has 0 saturated heterocycles. The van der Waals surface area contributed by atoms with Crippen molar-refractivity contribution in [3.63, 3.8) is 0 Å². The van der Waals surface area contributed by atoms with Crippen LogP contribution in [-0.4, -0.2) is 22.7 Å². The Balaban J connectivity index is 2.12. The summed E-state index contributed by atoms with van der Waals surface area (Å²) in [5, 5.41) is 8.25. The van der Waals surface area contributed by atoms with Crippen molar-refractivity contribution >= 4 is 16.8 Å². The second-order valence-electron chi connectivity index (χ2n) is 4.60. The monoisotopic (exact) mass is 265 g/mol. The minimum atomic E-state index is -0.450. The summed E-state index contributed by atoms with van der Waals surface area (Å²) in [6.07, 6.45) is 1.90. The fourth-order valence-corrected chi connectivity index (χ4v) is 2.31.